The van der Waals surface area contributed by atoms with Crippen LogP contribution < -0.4 is 0 Å². The van der Waals surface area contributed by atoms with Crippen LogP contribution in [0.5, 0.6) is 11.5 Å². The second-order valence-electron chi connectivity index (χ2n) is 11.8. The lowest BCUT2D eigenvalue weighted by atomic mass is 9.65. The summed E-state index contributed by atoms with van der Waals surface area (Å²) < 4.78 is 0. The molecule has 2 nitrogen and oxygen atoms in total. The van der Waals surface area contributed by atoms with Gasteiger partial charge in [-0.3, -0.25) is 0 Å². The molecule has 0 unspecified atom stereocenters. The summed E-state index contributed by atoms with van der Waals surface area (Å²) in [7, 11) is 0. The Balaban J connectivity index is 1.48. The molecule has 0 saturated heterocycles. The minimum Gasteiger partial charge on any atom is -0.508 e. The SMILES string of the molecule is Cc1cc(C2(c3ccc(O)c(C4(C)c5ccccc5-c5ccccc54)c3)c3ccccc3-c3ccccc32)ccc1O. The molecular weight excluding hydrogens is 512 g/mol. The van der Waals surface area contributed by atoms with Gasteiger partial charge >= 0.3 is 0 Å². The third-order valence-corrected chi connectivity index (χ3v) is 9.77. The van der Waals surface area contributed by atoms with Crippen molar-refractivity contribution >= 4 is 0 Å². The van der Waals surface area contributed by atoms with Crippen LogP contribution in [0.25, 0.3) is 22.3 Å². The number of rotatable bonds is 3. The van der Waals surface area contributed by atoms with Gasteiger partial charge < -0.3 is 10.2 Å². The van der Waals surface area contributed by atoms with Gasteiger partial charge in [-0.2, -0.15) is 0 Å². The van der Waals surface area contributed by atoms with Crippen LogP contribution in [0.4, 0.5) is 0 Å². The number of benzene rings is 6. The predicted molar refractivity (Wildman–Crippen MR) is 169 cm³/mol. The molecule has 0 spiro atoms. The van der Waals surface area contributed by atoms with Gasteiger partial charge in [-0.05, 0) is 93.2 Å². The lowest BCUT2D eigenvalue weighted by Gasteiger charge is -2.36. The highest BCUT2D eigenvalue weighted by atomic mass is 16.3. The van der Waals surface area contributed by atoms with Gasteiger partial charge in [0.25, 0.3) is 0 Å². The van der Waals surface area contributed by atoms with Crippen LogP contribution in [0.2, 0.25) is 0 Å². The first-order valence-corrected chi connectivity index (χ1v) is 14.5. The Bertz CT molecular complexity index is 1960. The maximum atomic E-state index is 11.6. The Morgan fingerprint density at radius 1 is 0.429 bits per heavy atom. The van der Waals surface area contributed by atoms with Gasteiger partial charge in [-0.1, -0.05) is 115 Å². The van der Waals surface area contributed by atoms with Crippen LogP contribution in [0, 0.1) is 6.92 Å². The van der Waals surface area contributed by atoms with Gasteiger partial charge in [0.2, 0.25) is 0 Å². The number of aryl methyl sites for hydroxylation is 1. The van der Waals surface area contributed by atoms with Crippen molar-refractivity contribution in [2.75, 3.05) is 0 Å². The number of hydrogen-bond donors (Lipinski definition) is 2. The quantitative estimate of drug-likeness (QED) is 0.234. The maximum absolute atomic E-state index is 11.6. The zero-order valence-corrected chi connectivity index (χ0v) is 23.6. The molecular formula is C40H30O2. The molecule has 6 aromatic carbocycles. The van der Waals surface area contributed by atoms with Gasteiger partial charge in [0.15, 0.2) is 0 Å². The number of hydrogen-bond acceptors (Lipinski definition) is 2. The molecule has 8 rings (SSSR count). The second kappa shape index (κ2) is 8.71. The Hall–Kier alpha value is -5.08. The van der Waals surface area contributed by atoms with Crippen molar-refractivity contribution < 1.29 is 10.2 Å². The molecule has 0 aromatic heterocycles. The van der Waals surface area contributed by atoms with E-state index < -0.39 is 10.8 Å². The highest BCUT2D eigenvalue weighted by Crippen LogP contribution is 2.59. The fourth-order valence-corrected chi connectivity index (χ4v) is 7.83. The van der Waals surface area contributed by atoms with E-state index >= 15 is 0 Å². The number of fused-ring (bicyclic) bond motifs is 6. The summed E-state index contributed by atoms with van der Waals surface area (Å²) >= 11 is 0. The molecule has 202 valence electrons. The fourth-order valence-electron chi connectivity index (χ4n) is 7.83. The van der Waals surface area contributed by atoms with Crippen molar-refractivity contribution in [1.29, 1.82) is 0 Å². The zero-order chi connectivity index (χ0) is 28.6. The number of aromatic hydroxyl groups is 2. The van der Waals surface area contributed by atoms with Crippen LogP contribution in [0.15, 0.2) is 133 Å². The minimum atomic E-state index is -0.637. The first-order valence-electron chi connectivity index (χ1n) is 14.5. The molecule has 2 heteroatoms. The van der Waals surface area contributed by atoms with E-state index in [0.29, 0.717) is 0 Å². The molecule has 2 aliphatic carbocycles. The zero-order valence-electron chi connectivity index (χ0n) is 23.6. The molecule has 6 aromatic rings. The van der Waals surface area contributed by atoms with Crippen molar-refractivity contribution in [3.63, 3.8) is 0 Å². The summed E-state index contributed by atoms with van der Waals surface area (Å²) in [4.78, 5) is 0. The van der Waals surface area contributed by atoms with Gasteiger partial charge in [0.1, 0.15) is 11.5 Å². The molecule has 2 N–H and O–H groups in total. The largest absolute Gasteiger partial charge is 0.508 e. The Kier molecular flexibility index (Phi) is 5.12. The monoisotopic (exact) mass is 542 g/mol. The normalized spacial score (nSPS) is 15.0. The molecule has 0 radical (unpaired) electrons. The van der Waals surface area contributed by atoms with Crippen molar-refractivity contribution in [1.82, 2.24) is 0 Å². The molecule has 0 bridgehead atoms. The van der Waals surface area contributed by atoms with Crippen LogP contribution in [-0.2, 0) is 10.8 Å². The van der Waals surface area contributed by atoms with Crippen molar-refractivity contribution in [3.05, 3.63) is 178 Å². The van der Waals surface area contributed by atoms with E-state index in [1.807, 2.05) is 19.1 Å². The van der Waals surface area contributed by atoms with Crippen LogP contribution in [-0.4, -0.2) is 10.2 Å². The maximum Gasteiger partial charge on any atom is 0.120 e. The molecule has 0 fully saturated rings. The standard InChI is InChI=1S/C40H30O2/c1-25-23-26(19-21-37(25)41)40(34-17-9-5-13-30(34)31-14-6-10-18-35(31)40)27-20-22-38(42)36(24-27)39(2)32-15-7-3-11-28(32)29-12-4-8-16-33(29)39/h3-24,41-42H,1-2H3. The summed E-state index contributed by atoms with van der Waals surface area (Å²) in [5.74, 6) is 0.566. The lowest BCUT2D eigenvalue weighted by Crippen LogP contribution is -2.30. The van der Waals surface area contributed by atoms with E-state index in [4.69, 9.17) is 0 Å². The van der Waals surface area contributed by atoms with Gasteiger partial charge in [-0.25, -0.2) is 0 Å². The molecule has 0 amide bonds. The Morgan fingerprint density at radius 3 is 1.33 bits per heavy atom. The van der Waals surface area contributed by atoms with Crippen LogP contribution >= 0.6 is 0 Å². The first-order chi connectivity index (χ1) is 20.5. The summed E-state index contributed by atoms with van der Waals surface area (Å²) in [5.41, 5.74) is 12.3. The van der Waals surface area contributed by atoms with E-state index in [1.165, 1.54) is 44.5 Å². The minimum absolute atomic E-state index is 0.282. The summed E-state index contributed by atoms with van der Waals surface area (Å²) in [5, 5.41) is 22.2. The topological polar surface area (TPSA) is 40.5 Å². The third kappa shape index (κ3) is 3.04. The predicted octanol–water partition coefficient (Wildman–Crippen LogP) is 9.10. The average molecular weight is 543 g/mol. The number of phenolic OH excluding ortho intramolecular Hbond substituents is 2. The van der Waals surface area contributed by atoms with Gasteiger partial charge in [0, 0.05) is 11.0 Å². The van der Waals surface area contributed by atoms with Crippen molar-refractivity contribution in [2.45, 2.75) is 24.7 Å². The van der Waals surface area contributed by atoms with Crippen LogP contribution in [0.1, 0.15) is 51.4 Å². The summed E-state index contributed by atoms with van der Waals surface area (Å²) in [6.45, 7) is 4.19. The molecule has 0 heterocycles. The summed E-state index contributed by atoms with van der Waals surface area (Å²) in [6, 6.07) is 46.6. The highest BCUT2D eigenvalue weighted by Gasteiger charge is 2.48. The highest BCUT2D eigenvalue weighted by molar-refractivity contribution is 5.87. The van der Waals surface area contributed by atoms with E-state index in [9.17, 15) is 10.2 Å². The van der Waals surface area contributed by atoms with Crippen LogP contribution in [0.3, 0.4) is 0 Å². The van der Waals surface area contributed by atoms with E-state index in [0.717, 1.165) is 22.3 Å². The molecule has 2 aliphatic rings. The first kappa shape index (κ1) is 24.7. The van der Waals surface area contributed by atoms with Gasteiger partial charge in [0.05, 0.1) is 5.41 Å². The molecule has 42 heavy (non-hydrogen) atoms. The fraction of sp³-hybridized carbons (Fsp3) is 0.100. The summed E-state index contributed by atoms with van der Waals surface area (Å²) in [6.07, 6.45) is 0. The van der Waals surface area contributed by atoms with Crippen molar-refractivity contribution in [2.24, 2.45) is 0 Å². The Morgan fingerprint density at radius 2 is 0.833 bits per heavy atom. The van der Waals surface area contributed by atoms with E-state index in [1.54, 1.807) is 0 Å². The second-order valence-corrected chi connectivity index (χ2v) is 11.8. The van der Waals surface area contributed by atoms with E-state index in [2.05, 4.69) is 128 Å². The van der Waals surface area contributed by atoms with Gasteiger partial charge in [-0.15, -0.1) is 0 Å². The molecule has 0 atom stereocenters. The van der Waals surface area contributed by atoms with E-state index in [-0.39, 0.29) is 11.5 Å². The molecule has 0 saturated carbocycles. The van der Waals surface area contributed by atoms with Crippen molar-refractivity contribution in [3.8, 4) is 33.8 Å². The molecule has 0 aliphatic heterocycles. The average Bonchev–Trinajstić information content (AvgIpc) is 3.47. The Labute approximate surface area is 246 Å². The third-order valence-electron chi connectivity index (χ3n) is 9.77. The smallest absolute Gasteiger partial charge is 0.120 e. The lowest BCUT2D eigenvalue weighted by molar-refractivity contribution is 0.457. The number of phenols is 2.